The molecule has 0 aliphatic carbocycles. The Bertz CT molecular complexity index is 239. The summed E-state index contributed by atoms with van der Waals surface area (Å²) in [6.45, 7) is 4.06. The smallest absolute Gasteiger partial charge is 0.305 e. The molecule has 19 heavy (non-hydrogen) atoms. The van der Waals surface area contributed by atoms with Crippen molar-refractivity contribution >= 4 is 11.9 Å². The third-order valence-electron chi connectivity index (χ3n) is 2.95. The van der Waals surface area contributed by atoms with Crippen LogP contribution in [0.2, 0.25) is 0 Å². The lowest BCUT2D eigenvalue weighted by Gasteiger charge is -2.23. The summed E-state index contributed by atoms with van der Waals surface area (Å²) in [6, 6.07) is 0. The molecule has 0 rings (SSSR count). The molecule has 0 saturated carbocycles. The van der Waals surface area contributed by atoms with Gasteiger partial charge in [0.1, 0.15) is 0 Å². The molecule has 0 amide bonds. The summed E-state index contributed by atoms with van der Waals surface area (Å²) in [6.07, 6.45) is 4.21. The summed E-state index contributed by atoms with van der Waals surface area (Å²) >= 11 is 0. The molecule has 0 radical (unpaired) electrons. The Morgan fingerprint density at radius 1 is 0.895 bits per heavy atom. The van der Waals surface area contributed by atoms with Crippen LogP contribution in [0.3, 0.4) is 0 Å². The van der Waals surface area contributed by atoms with Crippen LogP contribution in [0.4, 0.5) is 0 Å². The maximum Gasteiger partial charge on any atom is 0.305 e. The molecule has 0 saturated heterocycles. The van der Waals surface area contributed by atoms with Crippen molar-refractivity contribution in [1.82, 2.24) is 0 Å². The van der Waals surface area contributed by atoms with E-state index in [0.717, 1.165) is 25.7 Å². The summed E-state index contributed by atoms with van der Waals surface area (Å²) in [7, 11) is 0. The summed E-state index contributed by atoms with van der Waals surface area (Å²) in [5.41, 5.74) is 0. The zero-order chi connectivity index (χ0) is 14.7. The van der Waals surface area contributed by atoms with Crippen LogP contribution in [-0.2, 0) is 14.3 Å². The van der Waals surface area contributed by atoms with Crippen LogP contribution in [-0.4, -0.2) is 34.4 Å². The minimum atomic E-state index is -0.898. The number of carbonyl (C=O) groups is 2. The Morgan fingerprint density at radius 2 is 1.26 bits per heavy atom. The molecule has 0 aromatic carbocycles. The Hall–Kier alpha value is -1.10. The molecule has 0 aromatic heterocycles. The number of hydrogen-bond acceptors (Lipinski definition) is 3. The van der Waals surface area contributed by atoms with Crippen molar-refractivity contribution in [2.75, 3.05) is 0 Å². The molecular weight excluding hydrogens is 248 g/mol. The fraction of sp³-hybridized carbons (Fsp3) is 0.857. The van der Waals surface area contributed by atoms with E-state index in [1.54, 1.807) is 0 Å². The third kappa shape index (κ3) is 10.5. The zero-order valence-electron chi connectivity index (χ0n) is 11.9. The van der Waals surface area contributed by atoms with E-state index in [1.807, 2.05) is 13.8 Å². The standard InChI is InChI=1S/C14H26O5/c1-3-5-7-11(9-13(15)16)19-12(8-6-4-2)10-14(17)18/h11-12H,3-10H2,1-2H3,(H,15,16)(H,17,18). The van der Waals surface area contributed by atoms with Gasteiger partial charge in [-0.3, -0.25) is 9.59 Å². The number of aliphatic carboxylic acids is 2. The van der Waals surface area contributed by atoms with Crippen LogP contribution in [0.1, 0.15) is 65.2 Å². The van der Waals surface area contributed by atoms with Gasteiger partial charge in [-0.1, -0.05) is 39.5 Å². The summed E-state index contributed by atoms with van der Waals surface area (Å²) in [4.78, 5) is 21.6. The molecule has 2 N–H and O–H groups in total. The van der Waals surface area contributed by atoms with E-state index < -0.39 is 11.9 Å². The Balaban J connectivity index is 4.41. The Morgan fingerprint density at radius 3 is 1.53 bits per heavy atom. The van der Waals surface area contributed by atoms with Crippen molar-refractivity contribution in [1.29, 1.82) is 0 Å². The molecule has 0 aliphatic heterocycles. The molecule has 5 nitrogen and oxygen atoms in total. The van der Waals surface area contributed by atoms with Gasteiger partial charge in [0, 0.05) is 0 Å². The number of rotatable bonds is 12. The second kappa shape index (κ2) is 10.8. The van der Waals surface area contributed by atoms with Gasteiger partial charge in [0.15, 0.2) is 0 Å². The predicted octanol–water partition coefficient (Wildman–Crippen LogP) is 3.07. The highest BCUT2D eigenvalue weighted by Crippen LogP contribution is 2.17. The summed E-state index contributed by atoms with van der Waals surface area (Å²) < 4.78 is 5.71. The van der Waals surface area contributed by atoms with Gasteiger partial charge in [0.25, 0.3) is 0 Å². The largest absolute Gasteiger partial charge is 0.481 e. The topological polar surface area (TPSA) is 83.8 Å². The van der Waals surface area contributed by atoms with Crippen molar-refractivity contribution in [3.63, 3.8) is 0 Å². The average Bonchev–Trinajstić information content (AvgIpc) is 2.31. The minimum Gasteiger partial charge on any atom is -0.481 e. The lowest BCUT2D eigenvalue weighted by Crippen LogP contribution is -2.27. The highest BCUT2D eigenvalue weighted by Gasteiger charge is 2.21. The van der Waals surface area contributed by atoms with Crippen molar-refractivity contribution in [2.45, 2.75) is 77.4 Å². The highest BCUT2D eigenvalue weighted by molar-refractivity contribution is 5.68. The van der Waals surface area contributed by atoms with Gasteiger partial charge >= 0.3 is 11.9 Å². The zero-order valence-corrected chi connectivity index (χ0v) is 11.9. The van der Waals surface area contributed by atoms with E-state index in [9.17, 15) is 9.59 Å². The van der Waals surface area contributed by atoms with Gasteiger partial charge in [-0.05, 0) is 12.8 Å². The number of ether oxygens (including phenoxy) is 1. The van der Waals surface area contributed by atoms with Gasteiger partial charge in [0.2, 0.25) is 0 Å². The van der Waals surface area contributed by atoms with Gasteiger partial charge in [0.05, 0.1) is 25.0 Å². The van der Waals surface area contributed by atoms with Crippen molar-refractivity contribution in [3.8, 4) is 0 Å². The van der Waals surface area contributed by atoms with Gasteiger partial charge < -0.3 is 14.9 Å². The summed E-state index contributed by atoms with van der Waals surface area (Å²) in [5.74, 6) is -1.80. The van der Waals surface area contributed by atoms with Crippen LogP contribution in [0.5, 0.6) is 0 Å². The van der Waals surface area contributed by atoms with Gasteiger partial charge in [-0.25, -0.2) is 0 Å². The van der Waals surface area contributed by atoms with E-state index in [2.05, 4.69) is 0 Å². The second-order valence-corrected chi connectivity index (χ2v) is 4.86. The fourth-order valence-electron chi connectivity index (χ4n) is 1.96. The molecular formula is C14H26O5. The highest BCUT2D eigenvalue weighted by atomic mass is 16.5. The first kappa shape index (κ1) is 17.9. The minimum absolute atomic E-state index is 0.0533. The van der Waals surface area contributed by atoms with E-state index in [4.69, 9.17) is 14.9 Å². The molecule has 2 atom stereocenters. The Labute approximate surface area is 115 Å². The number of carboxylic acid groups (broad SMARTS) is 2. The maximum atomic E-state index is 10.8. The Kier molecular flexibility index (Phi) is 10.2. The summed E-state index contributed by atoms with van der Waals surface area (Å²) in [5, 5.41) is 17.7. The first-order valence-electron chi connectivity index (χ1n) is 7.08. The lowest BCUT2D eigenvalue weighted by molar-refractivity contribution is -0.145. The van der Waals surface area contributed by atoms with Crippen molar-refractivity contribution < 1.29 is 24.5 Å². The van der Waals surface area contributed by atoms with Crippen LogP contribution in [0.25, 0.3) is 0 Å². The van der Waals surface area contributed by atoms with Crippen LogP contribution >= 0.6 is 0 Å². The van der Waals surface area contributed by atoms with Gasteiger partial charge in [-0.15, -0.1) is 0 Å². The molecule has 0 fully saturated rings. The molecule has 5 heteroatoms. The average molecular weight is 274 g/mol. The molecule has 2 unspecified atom stereocenters. The van der Waals surface area contributed by atoms with E-state index in [1.165, 1.54) is 0 Å². The van der Waals surface area contributed by atoms with E-state index >= 15 is 0 Å². The van der Waals surface area contributed by atoms with Crippen LogP contribution in [0.15, 0.2) is 0 Å². The maximum absolute atomic E-state index is 10.8. The number of carboxylic acids is 2. The molecule has 0 aliphatic rings. The first-order chi connectivity index (χ1) is 8.99. The molecule has 112 valence electrons. The quantitative estimate of drug-likeness (QED) is 0.571. The first-order valence-corrected chi connectivity index (χ1v) is 7.08. The predicted molar refractivity (Wildman–Crippen MR) is 72.2 cm³/mol. The fourth-order valence-corrected chi connectivity index (χ4v) is 1.96. The van der Waals surface area contributed by atoms with Crippen LogP contribution < -0.4 is 0 Å². The van der Waals surface area contributed by atoms with E-state index in [0.29, 0.717) is 12.8 Å². The molecule has 0 heterocycles. The molecule has 0 aromatic rings. The number of unbranched alkanes of at least 4 members (excludes halogenated alkanes) is 2. The van der Waals surface area contributed by atoms with Crippen molar-refractivity contribution in [2.24, 2.45) is 0 Å². The third-order valence-corrected chi connectivity index (χ3v) is 2.95. The lowest BCUT2D eigenvalue weighted by atomic mass is 10.1. The second-order valence-electron chi connectivity index (χ2n) is 4.86. The SMILES string of the molecule is CCCCC(CC(=O)O)OC(CCCC)CC(=O)O. The van der Waals surface area contributed by atoms with Crippen LogP contribution in [0, 0.1) is 0 Å². The molecule has 0 spiro atoms. The number of hydrogen-bond donors (Lipinski definition) is 2. The van der Waals surface area contributed by atoms with Gasteiger partial charge in [-0.2, -0.15) is 0 Å². The van der Waals surface area contributed by atoms with Crippen molar-refractivity contribution in [3.05, 3.63) is 0 Å². The van der Waals surface area contributed by atoms with E-state index in [-0.39, 0.29) is 25.0 Å². The molecule has 0 bridgehead atoms. The normalized spacial score (nSPS) is 14.0. The monoisotopic (exact) mass is 274 g/mol.